The smallest absolute Gasteiger partial charge is 0.227 e. The Labute approximate surface area is 111 Å². The molecule has 3 nitrogen and oxygen atoms in total. The third kappa shape index (κ3) is 3.29. The molecule has 0 spiro atoms. The van der Waals surface area contributed by atoms with Crippen LogP contribution in [0, 0.1) is 17.6 Å². The van der Waals surface area contributed by atoms with E-state index >= 15 is 0 Å². The fraction of sp³-hybridized carbons (Fsp3) is 0.500. The van der Waals surface area contributed by atoms with E-state index in [2.05, 4.69) is 5.32 Å². The third-order valence-electron chi connectivity index (χ3n) is 3.50. The molecule has 0 saturated carbocycles. The van der Waals surface area contributed by atoms with Crippen LogP contribution in [0.1, 0.15) is 12.0 Å². The molecule has 19 heavy (non-hydrogen) atoms. The van der Waals surface area contributed by atoms with Crippen LogP contribution in [-0.2, 0) is 11.2 Å². The van der Waals surface area contributed by atoms with E-state index in [0.29, 0.717) is 19.0 Å². The summed E-state index contributed by atoms with van der Waals surface area (Å²) in [6.45, 7) is 2.26. The number of hydrogen-bond acceptors (Lipinski definition) is 2. The van der Waals surface area contributed by atoms with Crippen LogP contribution in [0.15, 0.2) is 18.2 Å². The Morgan fingerprint density at radius 1 is 1.47 bits per heavy atom. The lowest BCUT2D eigenvalue weighted by Gasteiger charge is -2.16. The molecule has 1 atom stereocenters. The maximum absolute atomic E-state index is 13.5. The molecule has 1 aliphatic heterocycles. The summed E-state index contributed by atoms with van der Waals surface area (Å²) in [6, 6.07) is 3.94. The molecule has 1 amide bonds. The van der Waals surface area contributed by atoms with E-state index in [9.17, 15) is 13.6 Å². The molecule has 1 aliphatic rings. The molecule has 1 unspecified atom stereocenters. The first kappa shape index (κ1) is 13.9. The maximum Gasteiger partial charge on any atom is 0.227 e. The van der Waals surface area contributed by atoms with Gasteiger partial charge in [0.15, 0.2) is 11.6 Å². The zero-order chi connectivity index (χ0) is 13.8. The number of carbonyl (C=O) groups is 1. The number of amides is 1. The van der Waals surface area contributed by atoms with Crippen molar-refractivity contribution in [1.82, 2.24) is 10.2 Å². The van der Waals surface area contributed by atoms with Gasteiger partial charge in [-0.15, -0.1) is 0 Å². The topological polar surface area (TPSA) is 32.3 Å². The van der Waals surface area contributed by atoms with Crippen molar-refractivity contribution in [3.8, 4) is 0 Å². The van der Waals surface area contributed by atoms with Crippen LogP contribution in [0.25, 0.3) is 0 Å². The lowest BCUT2D eigenvalue weighted by molar-refractivity contribution is -0.129. The fourth-order valence-electron chi connectivity index (χ4n) is 2.47. The van der Waals surface area contributed by atoms with E-state index in [0.717, 1.165) is 19.0 Å². The standard InChI is InChI=1S/C14H18F2N2O/c1-17-8-10-5-6-18(9-10)13(19)7-11-3-2-4-12(15)14(11)16/h2-4,10,17H,5-9H2,1H3. The molecule has 2 rings (SSSR count). The first-order valence-electron chi connectivity index (χ1n) is 6.47. The highest BCUT2D eigenvalue weighted by Crippen LogP contribution is 2.18. The molecule has 1 saturated heterocycles. The molecule has 104 valence electrons. The second-order valence-electron chi connectivity index (χ2n) is 4.94. The van der Waals surface area contributed by atoms with Gasteiger partial charge in [0, 0.05) is 18.7 Å². The van der Waals surface area contributed by atoms with Crippen molar-refractivity contribution in [2.45, 2.75) is 12.8 Å². The minimum atomic E-state index is -0.915. The summed E-state index contributed by atoms with van der Waals surface area (Å²) in [5, 5.41) is 3.09. The molecular weight excluding hydrogens is 250 g/mol. The number of hydrogen-bond donors (Lipinski definition) is 1. The first-order chi connectivity index (χ1) is 9.11. The number of nitrogens with zero attached hydrogens (tertiary/aromatic N) is 1. The van der Waals surface area contributed by atoms with Crippen LogP contribution < -0.4 is 5.32 Å². The second-order valence-corrected chi connectivity index (χ2v) is 4.94. The van der Waals surface area contributed by atoms with Gasteiger partial charge >= 0.3 is 0 Å². The summed E-state index contributed by atoms with van der Waals surface area (Å²) in [7, 11) is 1.88. The number of benzene rings is 1. The Kier molecular flexibility index (Phi) is 4.47. The van der Waals surface area contributed by atoms with Crippen LogP contribution in [0.4, 0.5) is 8.78 Å². The molecular formula is C14H18F2N2O. The van der Waals surface area contributed by atoms with E-state index in [4.69, 9.17) is 0 Å². The van der Waals surface area contributed by atoms with Gasteiger partial charge < -0.3 is 10.2 Å². The Hall–Kier alpha value is -1.49. The fourth-order valence-corrected chi connectivity index (χ4v) is 2.47. The van der Waals surface area contributed by atoms with Crippen LogP contribution in [0.2, 0.25) is 0 Å². The zero-order valence-corrected chi connectivity index (χ0v) is 11.0. The Balaban J connectivity index is 1.96. The van der Waals surface area contributed by atoms with Gasteiger partial charge in [0.1, 0.15) is 0 Å². The largest absolute Gasteiger partial charge is 0.342 e. The van der Waals surface area contributed by atoms with E-state index in [1.54, 1.807) is 4.90 Å². The number of likely N-dealkylation sites (tertiary alicyclic amines) is 1. The van der Waals surface area contributed by atoms with Crippen molar-refractivity contribution in [2.75, 3.05) is 26.7 Å². The molecule has 1 aromatic carbocycles. The van der Waals surface area contributed by atoms with Crippen LogP contribution in [-0.4, -0.2) is 37.5 Å². The van der Waals surface area contributed by atoms with E-state index in [-0.39, 0.29) is 17.9 Å². The van der Waals surface area contributed by atoms with Crippen molar-refractivity contribution in [3.05, 3.63) is 35.4 Å². The van der Waals surface area contributed by atoms with Crippen molar-refractivity contribution in [2.24, 2.45) is 5.92 Å². The molecule has 1 N–H and O–H groups in total. The van der Waals surface area contributed by atoms with E-state index in [1.165, 1.54) is 12.1 Å². The predicted octanol–water partition coefficient (Wildman–Crippen LogP) is 1.58. The average Bonchev–Trinajstić information content (AvgIpc) is 2.84. The Morgan fingerprint density at radius 3 is 3.00 bits per heavy atom. The summed E-state index contributed by atoms with van der Waals surface area (Å²) < 4.78 is 26.6. The van der Waals surface area contributed by atoms with Gasteiger partial charge in [-0.1, -0.05) is 12.1 Å². The molecule has 0 aliphatic carbocycles. The van der Waals surface area contributed by atoms with Crippen molar-refractivity contribution >= 4 is 5.91 Å². The monoisotopic (exact) mass is 268 g/mol. The van der Waals surface area contributed by atoms with Crippen molar-refractivity contribution < 1.29 is 13.6 Å². The number of halogens is 2. The van der Waals surface area contributed by atoms with E-state index in [1.807, 2.05) is 7.05 Å². The van der Waals surface area contributed by atoms with Gasteiger partial charge in [-0.05, 0) is 32.0 Å². The van der Waals surface area contributed by atoms with Gasteiger partial charge in [0.25, 0.3) is 0 Å². The van der Waals surface area contributed by atoms with Crippen LogP contribution >= 0.6 is 0 Å². The quantitative estimate of drug-likeness (QED) is 0.899. The van der Waals surface area contributed by atoms with Gasteiger partial charge in [0.2, 0.25) is 5.91 Å². The average molecular weight is 268 g/mol. The minimum Gasteiger partial charge on any atom is -0.342 e. The number of carbonyl (C=O) groups excluding carboxylic acids is 1. The second kappa shape index (κ2) is 6.10. The lowest BCUT2D eigenvalue weighted by Crippen LogP contribution is -2.31. The zero-order valence-electron chi connectivity index (χ0n) is 11.0. The number of rotatable bonds is 4. The first-order valence-corrected chi connectivity index (χ1v) is 6.47. The summed E-state index contributed by atoms with van der Waals surface area (Å²) in [5.74, 6) is -1.50. The van der Waals surface area contributed by atoms with Gasteiger partial charge in [0.05, 0.1) is 6.42 Å². The SMILES string of the molecule is CNCC1CCN(C(=O)Cc2cccc(F)c2F)C1. The Morgan fingerprint density at radius 2 is 2.26 bits per heavy atom. The molecule has 1 fully saturated rings. The van der Waals surface area contributed by atoms with Crippen molar-refractivity contribution in [1.29, 1.82) is 0 Å². The molecule has 1 aromatic rings. The molecule has 1 heterocycles. The van der Waals surface area contributed by atoms with Crippen molar-refractivity contribution in [3.63, 3.8) is 0 Å². The lowest BCUT2D eigenvalue weighted by atomic mass is 10.1. The summed E-state index contributed by atoms with van der Waals surface area (Å²) in [6.07, 6.45) is 0.883. The predicted molar refractivity (Wildman–Crippen MR) is 68.7 cm³/mol. The normalized spacial score (nSPS) is 18.9. The maximum atomic E-state index is 13.5. The highest BCUT2D eigenvalue weighted by Gasteiger charge is 2.26. The third-order valence-corrected chi connectivity index (χ3v) is 3.50. The molecule has 0 aromatic heterocycles. The van der Waals surface area contributed by atoms with Crippen LogP contribution in [0.5, 0.6) is 0 Å². The molecule has 5 heteroatoms. The van der Waals surface area contributed by atoms with Crippen LogP contribution in [0.3, 0.4) is 0 Å². The molecule has 0 radical (unpaired) electrons. The highest BCUT2D eigenvalue weighted by atomic mass is 19.2. The van der Waals surface area contributed by atoms with Gasteiger partial charge in [-0.25, -0.2) is 8.78 Å². The summed E-state index contributed by atoms with van der Waals surface area (Å²) in [4.78, 5) is 13.8. The molecule has 0 bridgehead atoms. The van der Waals surface area contributed by atoms with E-state index < -0.39 is 11.6 Å². The Bertz CT molecular complexity index is 465. The van der Waals surface area contributed by atoms with Gasteiger partial charge in [-0.3, -0.25) is 4.79 Å². The minimum absolute atomic E-state index is 0.0735. The summed E-state index contributed by atoms with van der Waals surface area (Å²) in [5.41, 5.74) is 0.127. The summed E-state index contributed by atoms with van der Waals surface area (Å²) >= 11 is 0. The number of nitrogens with one attached hydrogen (secondary N) is 1. The highest BCUT2D eigenvalue weighted by molar-refractivity contribution is 5.79. The van der Waals surface area contributed by atoms with Gasteiger partial charge in [-0.2, -0.15) is 0 Å².